The molecule has 0 saturated carbocycles. The van der Waals surface area contributed by atoms with Crippen LogP contribution in [0.1, 0.15) is 45.8 Å². The fraction of sp³-hybridized carbons (Fsp3) is 0.625. The van der Waals surface area contributed by atoms with Crippen LogP contribution in [0, 0.1) is 17.7 Å². The van der Waals surface area contributed by atoms with Crippen molar-refractivity contribution in [1.29, 1.82) is 0 Å². The van der Waals surface area contributed by atoms with Crippen molar-refractivity contribution >= 4 is 5.69 Å². The van der Waals surface area contributed by atoms with Crippen LogP contribution in [0.2, 0.25) is 0 Å². The van der Waals surface area contributed by atoms with Crippen molar-refractivity contribution in [3.63, 3.8) is 0 Å². The summed E-state index contributed by atoms with van der Waals surface area (Å²) in [4.78, 5) is 2.25. The van der Waals surface area contributed by atoms with E-state index in [2.05, 4.69) is 25.7 Å². The number of rotatable bonds is 2. The first kappa shape index (κ1) is 14.3. The Morgan fingerprint density at radius 2 is 2.00 bits per heavy atom. The zero-order valence-corrected chi connectivity index (χ0v) is 12.2. The largest absolute Gasteiger partial charge is 0.389 e. The van der Waals surface area contributed by atoms with E-state index in [0.717, 1.165) is 12.2 Å². The summed E-state index contributed by atoms with van der Waals surface area (Å²) in [5.74, 6) is 0.857. The molecule has 0 radical (unpaired) electrons. The fourth-order valence-electron chi connectivity index (χ4n) is 3.22. The van der Waals surface area contributed by atoms with Gasteiger partial charge in [0.25, 0.3) is 0 Å². The minimum absolute atomic E-state index is 0.314. The number of benzene rings is 1. The molecule has 1 aliphatic rings. The van der Waals surface area contributed by atoms with Gasteiger partial charge < -0.3 is 10.0 Å². The number of aliphatic hydroxyl groups is 1. The molecule has 4 atom stereocenters. The predicted octanol–water partition coefficient (Wildman–Crippen LogP) is 3.75. The van der Waals surface area contributed by atoms with E-state index in [9.17, 15) is 9.50 Å². The third-order valence-corrected chi connectivity index (χ3v) is 4.35. The van der Waals surface area contributed by atoms with Gasteiger partial charge in [-0.2, -0.15) is 0 Å². The van der Waals surface area contributed by atoms with Gasteiger partial charge in [0, 0.05) is 23.8 Å². The summed E-state index contributed by atoms with van der Waals surface area (Å²) in [6.45, 7) is 9.22. The summed E-state index contributed by atoms with van der Waals surface area (Å²) in [6.07, 6.45) is 0.424. The van der Waals surface area contributed by atoms with Crippen LogP contribution in [-0.4, -0.2) is 17.7 Å². The molecule has 0 spiro atoms. The lowest BCUT2D eigenvalue weighted by atomic mass is 9.85. The maximum Gasteiger partial charge on any atom is 0.131 e. The van der Waals surface area contributed by atoms with Crippen LogP contribution in [0.25, 0.3) is 0 Å². The van der Waals surface area contributed by atoms with Crippen LogP contribution in [0.3, 0.4) is 0 Å². The Labute approximate surface area is 115 Å². The average molecular weight is 265 g/mol. The van der Waals surface area contributed by atoms with Crippen LogP contribution in [0.5, 0.6) is 0 Å². The van der Waals surface area contributed by atoms with Crippen molar-refractivity contribution < 1.29 is 9.50 Å². The number of piperidine rings is 1. The van der Waals surface area contributed by atoms with E-state index in [-0.39, 0.29) is 5.82 Å². The highest BCUT2D eigenvalue weighted by Gasteiger charge is 2.31. The van der Waals surface area contributed by atoms with Crippen LogP contribution in [-0.2, 0) is 0 Å². The lowest BCUT2D eigenvalue weighted by molar-refractivity contribution is 0.193. The zero-order chi connectivity index (χ0) is 14.2. The van der Waals surface area contributed by atoms with Crippen molar-refractivity contribution in [3.05, 3.63) is 29.6 Å². The Bertz CT molecular complexity index is 446. The molecule has 1 fully saturated rings. The lowest BCUT2D eigenvalue weighted by Gasteiger charge is -2.43. The van der Waals surface area contributed by atoms with Crippen molar-refractivity contribution in [2.75, 3.05) is 11.4 Å². The van der Waals surface area contributed by atoms with Gasteiger partial charge in [0.15, 0.2) is 0 Å². The van der Waals surface area contributed by atoms with Gasteiger partial charge in [-0.1, -0.05) is 19.9 Å². The van der Waals surface area contributed by atoms with Crippen LogP contribution in [0.15, 0.2) is 18.2 Å². The van der Waals surface area contributed by atoms with E-state index < -0.39 is 6.10 Å². The Morgan fingerprint density at radius 1 is 1.32 bits per heavy atom. The molecular weight excluding hydrogens is 241 g/mol. The monoisotopic (exact) mass is 265 g/mol. The summed E-state index contributed by atoms with van der Waals surface area (Å²) >= 11 is 0. The second-order valence-electron chi connectivity index (χ2n) is 6.06. The van der Waals surface area contributed by atoms with Gasteiger partial charge in [-0.15, -0.1) is 0 Å². The second-order valence-corrected chi connectivity index (χ2v) is 6.06. The maximum absolute atomic E-state index is 14.0. The normalized spacial score (nSPS) is 29.4. The van der Waals surface area contributed by atoms with Crippen LogP contribution in [0.4, 0.5) is 10.1 Å². The first-order chi connectivity index (χ1) is 8.91. The van der Waals surface area contributed by atoms with Crippen molar-refractivity contribution in [3.8, 4) is 0 Å². The second kappa shape index (κ2) is 5.49. The molecule has 0 bridgehead atoms. The number of hydrogen-bond acceptors (Lipinski definition) is 2. The van der Waals surface area contributed by atoms with Gasteiger partial charge in [-0.05, 0) is 44.2 Å². The molecule has 2 nitrogen and oxygen atoms in total. The number of anilines is 1. The summed E-state index contributed by atoms with van der Waals surface area (Å²) in [7, 11) is 0. The quantitative estimate of drug-likeness (QED) is 0.880. The van der Waals surface area contributed by atoms with Crippen molar-refractivity contribution in [2.24, 2.45) is 11.8 Å². The predicted molar refractivity (Wildman–Crippen MR) is 76.8 cm³/mol. The van der Waals surface area contributed by atoms with Crippen LogP contribution >= 0.6 is 0 Å². The van der Waals surface area contributed by atoms with Gasteiger partial charge in [0.1, 0.15) is 5.82 Å². The third kappa shape index (κ3) is 2.76. The number of halogens is 1. The van der Waals surface area contributed by atoms with E-state index >= 15 is 0 Å². The van der Waals surface area contributed by atoms with Gasteiger partial charge in [0.05, 0.1) is 6.10 Å². The van der Waals surface area contributed by atoms with E-state index in [1.165, 1.54) is 12.5 Å². The molecule has 1 aliphatic heterocycles. The molecule has 1 N–H and O–H groups in total. The molecule has 2 rings (SSSR count). The first-order valence-electron chi connectivity index (χ1n) is 7.15. The van der Waals surface area contributed by atoms with Crippen molar-refractivity contribution in [1.82, 2.24) is 0 Å². The Hall–Kier alpha value is -1.09. The number of hydrogen-bond donors (Lipinski definition) is 1. The smallest absolute Gasteiger partial charge is 0.131 e. The van der Waals surface area contributed by atoms with E-state index in [4.69, 9.17) is 0 Å². The Balaban J connectivity index is 2.43. The fourth-order valence-corrected chi connectivity index (χ4v) is 3.22. The van der Waals surface area contributed by atoms with E-state index in [1.54, 1.807) is 13.0 Å². The minimum atomic E-state index is -0.782. The SMILES string of the molecule is CC1CC(C)C(C)N(c2cccc(F)c2C(C)O)C1. The summed E-state index contributed by atoms with van der Waals surface area (Å²) < 4.78 is 14.0. The van der Waals surface area contributed by atoms with Crippen LogP contribution < -0.4 is 4.90 Å². The molecule has 0 amide bonds. The molecular formula is C16H24FNO. The molecule has 1 saturated heterocycles. The number of nitrogens with zero attached hydrogens (tertiary/aromatic N) is 1. The first-order valence-corrected chi connectivity index (χ1v) is 7.15. The summed E-state index contributed by atoms with van der Waals surface area (Å²) in [5, 5.41) is 9.87. The molecule has 1 aromatic carbocycles. The third-order valence-electron chi connectivity index (χ3n) is 4.35. The Kier molecular flexibility index (Phi) is 4.14. The molecule has 1 aromatic rings. The summed E-state index contributed by atoms with van der Waals surface area (Å²) in [5.41, 5.74) is 1.27. The van der Waals surface area contributed by atoms with E-state index in [0.29, 0.717) is 23.4 Å². The topological polar surface area (TPSA) is 23.5 Å². The molecule has 0 aromatic heterocycles. The van der Waals surface area contributed by atoms with Crippen molar-refractivity contribution in [2.45, 2.75) is 46.3 Å². The van der Waals surface area contributed by atoms with Gasteiger partial charge in [0.2, 0.25) is 0 Å². The molecule has 0 aliphatic carbocycles. The van der Waals surface area contributed by atoms with Gasteiger partial charge in [-0.3, -0.25) is 0 Å². The number of aliphatic hydroxyl groups excluding tert-OH is 1. The highest BCUT2D eigenvalue weighted by atomic mass is 19.1. The van der Waals surface area contributed by atoms with Gasteiger partial charge in [-0.25, -0.2) is 4.39 Å². The maximum atomic E-state index is 14.0. The molecule has 106 valence electrons. The van der Waals surface area contributed by atoms with E-state index in [1.807, 2.05) is 6.07 Å². The highest BCUT2D eigenvalue weighted by molar-refractivity contribution is 5.56. The van der Waals surface area contributed by atoms with Gasteiger partial charge >= 0.3 is 0 Å². The molecule has 3 heteroatoms. The standard InChI is InChI=1S/C16H24FNO/c1-10-8-11(2)12(3)18(9-10)15-7-5-6-14(17)16(15)13(4)19/h5-7,10-13,19H,8-9H2,1-4H3. The lowest BCUT2D eigenvalue weighted by Crippen LogP contribution is -2.46. The molecule has 19 heavy (non-hydrogen) atoms. The zero-order valence-electron chi connectivity index (χ0n) is 12.2. The molecule has 4 unspecified atom stereocenters. The minimum Gasteiger partial charge on any atom is -0.389 e. The average Bonchev–Trinajstić information content (AvgIpc) is 2.33. The highest BCUT2D eigenvalue weighted by Crippen LogP contribution is 2.36. The molecule has 1 heterocycles. The Morgan fingerprint density at radius 3 is 2.63 bits per heavy atom. The summed E-state index contributed by atoms with van der Waals surface area (Å²) in [6, 6.07) is 5.45.